The van der Waals surface area contributed by atoms with Gasteiger partial charge < -0.3 is 4.90 Å². The first kappa shape index (κ1) is 32.5. The SMILES string of the molecule is N#Cc1ccc2c3c1ccc1c(-c4ccc5c(-c6cccc7ccccc67)c6ccccc6c(-c6cccc7ccccc67)c5c4)ccc(c13)N(c1ccccc1)C2. The number of benzene rings is 11. The summed E-state index contributed by atoms with van der Waals surface area (Å²) in [6.07, 6.45) is 0. The summed E-state index contributed by atoms with van der Waals surface area (Å²) in [6.45, 7) is 0.742. The van der Waals surface area contributed by atoms with Crippen molar-refractivity contribution in [3.63, 3.8) is 0 Å². The van der Waals surface area contributed by atoms with E-state index in [1.807, 2.05) is 6.07 Å². The highest BCUT2D eigenvalue weighted by Gasteiger charge is 2.26. The van der Waals surface area contributed by atoms with Crippen molar-refractivity contribution in [1.29, 1.82) is 5.26 Å². The van der Waals surface area contributed by atoms with E-state index < -0.39 is 0 Å². The van der Waals surface area contributed by atoms with E-state index in [0.29, 0.717) is 5.56 Å². The van der Waals surface area contributed by atoms with Crippen LogP contribution in [0.25, 0.3) is 98.0 Å². The van der Waals surface area contributed by atoms with Crippen molar-refractivity contribution in [3.05, 3.63) is 205 Å². The van der Waals surface area contributed by atoms with Crippen LogP contribution in [-0.2, 0) is 6.54 Å². The minimum atomic E-state index is 0.712. The normalized spacial score (nSPS) is 12.4. The van der Waals surface area contributed by atoms with Gasteiger partial charge in [0.2, 0.25) is 0 Å². The summed E-state index contributed by atoms with van der Waals surface area (Å²) in [6, 6.07) is 73.3. The highest BCUT2D eigenvalue weighted by Crippen LogP contribution is 2.50. The van der Waals surface area contributed by atoms with Crippen molar-refractivity contribution >= 4 is 76.0 Å². The molecule has 0 N–H and O–H groups in total. The molecule has 58 heavy (non-hydrogen) atoms. The second kappa shape index (κ2) is 12.6. The Bertz CT molecular complexity index is 3550. The monoisotopic (exact) mass is 734 g/mol. The van der Waals surface area contributed by atoms with E-state index >= 15 is 0 Å². The number of nitrogens with zero attached hydrogens (tertiary/aromatic N) is 2. The lowest BCUT2D eigenvalue weighted by Gasteiger charge is -2.32. The standard InChI is InChI=1S/C56H34N2/c57-33-38-24-25-39-34-58(40-16-2-1-3-17-40)52-31-30-43(49-29-28-44(38)53(39)56(49)52)37-26-27-50-51(32-37)55(46-23-11-15-36-13-5-7-19-42(36)46)48-21-9-8-20-47(48)54(50)45-22-10-14-35-12-4-6-18-41(35)45/h1-32H,34H2. The Hall–Kier alpha value is -7.73. The summed E-state index contributed by atoms with van der Waals surface area (Å²) in [5.74, 6) is 0. The maximum atomic E-state index is 10.2. The van der Waals surface area contributed by atoms with Crippen LogP contribution in [0, 0.1) is 11.3 Å². The number of nitriles is 1. The van der Waals surface area contributed by atoms with E-state index in [4.69, 9.17) is 0 Å². The molecular weight excluding hydrogens is 701 g/mol. The van der Waals surface area contributed by atoms with Crippen LogP contribution >= 0.6 is 0 Å². The van der Waals surface area contributed by atoms with Gasteiger partial charge in [-0.2, -0.15) is 5.26 Å². The van der Waals surface area contributed by atoms with E-state index in [1.54, 1.807) is 0 Å². The summed E-state index contributed by atoms with van der Waals surface area (Å²) in [4.78, 5) is 2.42. The van der Waals surface area contributed by atoms with E-state index in [1.165, 1.54) is 98.3 Å². The molecule has 1 aliphatic heterocycles. The highest BCUT2D eigenvalue weighted by molar-refractivity contribution is 6.27. The second-order valence-electron chi connectivity index (χ2n) is 15.5. The van der Waals surface area contributed by atoms with Crippen molar-refractivity contribution in [2.45, 2.75) is 6.54 Å². The molecule has 2 nitrogen and oxygen atoms in total. The average molecular weight is 735 g/mol. The Morgan fingerprint density at radius 3 is 1.66 bits per heavy atom. The van der Waals surface area contributed by atoms with Gasteiger partial charge in [-0.1, -0.05) is 164 Å². The molecule has 0 atom stereocenters. The predicted molar refractivity (Wildman–Crippen MR) is 245 cm³/mol. The van der Waals surface area contributed by atoms with E-state index in [9.17, 15) is 5.26 Å². The number of hydrogen-bond acceptors (Lipinski definition) is 2. The molecule has 11 aromatic rings. The van der Waals surface area contributed by atoms with Gasteiger partial charge in [0.25, 0.3) is 0 Å². The first-order valence-corrected chi connectivity index (χ1v) is 19.9. The van der Waals surface area contributed by atoms with Crippen molar-refractivity contribution in [2.24, 2.45) is 0 Å². The smallest absolute Gasteiger partial charge is 0.0998 e. The van der Waals surface area contributed by atoms with E-state index in [-0.39, 0.29) is 0 Å². The zero-order chi connectivity index (χ0) is 38.3. The van der Waals surface area contributed by atoms with Crippen LogP contribution in [0.5, 0.6) is 0 Å². The van der Waals surface area contributed by atoms with Crippen LogP contribution in [0.1, 0.15) is 11.1 Å². The Morgan fingerprint density at radius 1 is 0.397 bits per heavy atom. The van der Waals surface area contributed by atoms with E-state index in [0.717, 1.165) is 23.2 Å². The van der Waals surface area contributed by atoms with Crippen molar-refractivity contribution in [2.75, 3.05) is 4.90 Å². The molecule has 0 aliphatic carbocycles. The highest BCUT2D eigenvalue weighted by atomic mass is 15.1. The minimum Gasteiger partial charge on any atom is -0.336 e. The maximum absolute atomic E-state index is 10.2. The number of para-hydroxylation sites is 1. The Morgan fingerprint density at radius 2 is 0.966 bits per heavy atom. The van der Waals surface area contributed by atoms with Gasteiger partial charge in [0.1, 0.15) is 0 Å². The molecule has 1 heterocycles. The molecule has 12 rings (SSSR count). The zero-order valence-corrected chi connectivity index (χ0v) is 31.6. The van der Waals surface area contributed by atoms with Crippen LogP contribution in [0.15, 0.2) is 194 Å². The van der Waals surface area contributed by atoms with Gasteiger partial charge >= 0.3 is 0 Å². The molecule has 1 aliphatic rings. The zero-order valence-electron chi connectivity index (χ0n) is 31.6. The summed E-state index contributed by atoms with van der Waals surface area (Å²) < 4.78 is 0. The van der Waals surface area contributed by atoms with Gasteiger partial charge in [-0.25, -0.2) is 0 Å². The fourth-order valence-corrected chi connectivity index (χ4v) is 9.96. The van der Waals surface area contributed by atoms with Gasteiger partial charge in [0.05, 0.1) is 11.6 Å². The quantitative estimate of drug-likeness (QED) is 0.133. The molecule has 0 amide bonds. The van der Waals surface area contributed by atoms with Gasteiger partial charge in [0.15, 0.2) is 0 Å². The number of fused-ring (bicyclic) bond motifs is 4. The maximum Gasteiger partial charge on any atom is 0.0998 e. The van der Waals surface area contributed by atoms with Gasteiger partial charge in [-0.05, 0) is 123 Å². The van der Waals surface area contributed by atoms with Gasteiger partial charge in [-0.3, -0.25) is 0 Å². The van der Waals surface area contributed by atoms with Crippen molar-refractivity contribution in [3.8, 4) is 39.4 Å². The number of hydrogen-bond donors (Lipinski definition) is 0. The predicted octanol–water partition coefficient (Wildman–Crippen LogP) is 15.1. The molecule has 0 saturated heterocycles. The molecule has 11 aromatic carbocycles. The van der Waals surface area contributed by atoms with Crippen LogP contribution in [0.2, 0.25) is 0 Å². The summed E-state index contributed by atoms with van der Waals surface area (Å²) in [7, 11) is 0. The lowest BCUT2D eigenvalue weighted by molar-refractivity contribution is 0.982. The topological polar surface area (TPSA) is 27.0 Å². The fourth-order valence-electron chi connectivity index (χ4n) is 9.96. The fraction of sp³-hybridized carbons (Fsp3) is 0.0179. The Kier molecular flexibility index (Phi) is 7.09. The number of rotatable bonds is 4. The molecule has 0 aromatic heterocycles. The molecule has 2 heteroatoms. The lowest BCUT2D eigenvalue weighted by Crippen LogP contribution is -2.20. The third kappa shape index (κ3) is 4.71. The van der Waals surface area contributed by atoms with Crippen molar-refractivity contribution < 1.29 is 0 Å². The molecule has 0 saturated carbocycles. The largest absolute Gasteiger partial charge is 0.336 e. The van der Waals surface area contributed by atoms with Crippen LogP contribution in [-0.4, -0.2) is 0 Å². The summed E-state index contributed by atoms with van der Waals surface area (Å²) in [5, 5.41) is 24.7. The molecule has 0 radical (unpaired) electrons. The molecule has 268 valence electrons. The van der Waals surface area contributed by atoms with Crippen molar-refractivity contribution in [1.82, 2.24) is 0 Å². The molecular formula is C56H34N2. The summed E-state index contributed by atoms with van der Waals surface area (Å²) >= 11 is 0. The molecule has 0 unspecified atom stereocenters. The lowest BCUT2D eigenvalue weighted by atomic mass is 9.82. The van der Waals surface area contributed by atoms with Crippen LogP contribution in [0.4, 0.5) is 11.4 Å². The van der Waals surface area contributed by atoms with Gasteiger partial charge in [0, 0.05) is 28.7 Å². The van der Waals surface area contributed by atoms with Crippen LogP contribution < -0.4 is 4.90 Å². The first-order valence-electron chi connectivity index (χ1n) is 19.9. The van der Waals surface area contributed by atoms with Gasteiger partial charge in [-0.15, -0.1) is 0 Å². The molecule has 0 spiro atoms. The third-order valence-electron chi connectivity index (χ3n) is 12.5. The third-order valence-corrected chi connectivity index (χ3v) is 12.5. The summed E-state index contributed by atoms with van der Waals surface area (Å²) in [5.41, 5.74) is 11.6. The minimum absolute atomic E-state index is 0.712. The Balaban J connectivity index is 1.21. The molecule has 0 bridgehead atoms. The average Bonchev–Trinajstić information content (AvgIpc) is 3.29. The first-order chi connectivity index (χ1) is 28.7. The number of anilines is 2. The Labute approximate surface area is 336 Å². The van der Waals surface area contributed by atoms with Crippen LogP contribution in [0.3, 0.4) is 0 Å². The van der Waals surface area contributed by atoms with E-state index in [2.05, 4.69) is 199 Å². The second-order valence-corrected chi connectivity index (χ2v) is 15.5. The molecule has 0 fully saturated rings.